The molecule has 0 heterocycles. The molecular weight excluding hydrogens is 486 g/mol. The Morgan fingerprint density at radius 3 is 2.08 bits per heavy atom. The van der Waals surface area contributed by atoms with Gasteiger partial charge < -0.3 is 10.2 Å². The molecule has 0 radical (unpaired) electrons. The minimum atomic E-state index is -3.53. The maximum atomic E-state index is 13.6. The van der Waals surface area contributed by atoms with E-state index >= 15 is 0 Å². The lowest BCUT2D eigenvalue weighted by Crippen LogP contribution is -2.49. The highest BCUT2D eigenvalue weighted by Crippen LogP contribution is 2.21. The van der Waals surface area contributed by atoms with E-state index in [4.69, 9.17) is 0 Å². The summed E-state index contributed by atoms with van der Waals surface area (Å²) in [5.74, 6) is -0.447. The maximum absolute atomic E-state index is 13.6. The lowest BCUT2D eigenvalue weighted by atomic mass is 10.0. The van der Waals surface area contributed by atoms with Gasteiger partial charge >= 0.3 is 0 Å². The molecule has 196 valence electrons. The van der Waals surface area contributed by atoms with E-state index in [-0.39, 0.29) is 31.3 Å². The Morgan fingerprint density at radius 2 is 1.51 bits per heavy atom. The summed E-state index contributed by atoms with van der Waals surface area (Å²) in [6.07, 6.45) is 1.96. The fourth-order valence-electron chi connectivity index (χ4n) is 4.29. The van der Waals surface area contributed by atoms with Crippen molar-refractivity contribution in [3.63, 3.8) is 0 Å². The van der Waals surface area contributed by atoms with E-state index in [1.165, 1.54) is 10.6 Å². The molecule has 37 heavy (non-hydrogen) atoms. The van der Waals surface area contributed by atoms with Gasteiger partial charge in [-0.2, -0.15) is 0 Å². The highest BCUT2D eigenvalue weighted by atomic mass is 32.2. The quantitative estimate of drug-likeness (QED) is 0.391. The van der Waals surface area contributed by atoms with Crippen molar-refractivity contribution in [2.75, 3.05) is 24.2 Å². The number of rotatable bonds is 12. The van der Waals surface area contributed by atoms with E-state index in [1.807, 2.05) is 85.8 Å². The molecule has 8 heteroatoms. The van der Waals surface area contributed by atoms with E-state index in [2.05, 4.69) is 5.32 Å². The van der Waals surface area contributed by atoms with Crippen LogP contribution in [0, 0.1) is 6.92 Å². The van der Waals surface area contributed by atoms with E-state index in [9.17, 15) is 18.0 Å². The minimum absolute atomic E-state index is 0.104. The SMILES string of the molecule is CNC(=O)C(Cc1ccccc1)N(Cc1ccccc1)C(=O)CCCN(c1cccc(C)c1)S(C)(=O)=O. The van der Waals surface area contributed by atoms with Crippen LogP contribution in [0.1, 0.15) is 29.5 Å². The van der Waals surface area contributed by atoms with Gasteiger partial charge in [-0.25, -0.2) is 8.42 Å². The van der Waals surface area contributed by atoms with Gasteiger partial charge in [0, 0.05) is 33.0 Å². The van der Waals surface area contributed by atoms with Crippen LogP contribution in [0.4, 0.5) is 5.69 Å². The third-order valence-corrected chi connectivity index (χ3v) is 7.35. The Balaban J connectivity index is 1.82. The zero-order valence-corrected chi connectivity index (χ0v) is 22.4. The smallest absolute Gasteiger partial charge is 0.242 e. The highest BCUT2D eigenvalue weighted by molar-refractivity contribution is 7.92. The molecule has 1 unspecified atom stereocenters. The molecule has 0 spiro atoms. The normalized spacial score (nSPS) is 12.0. The number of anilines is 1. The number of carbonyl (C=O) groups excluding carboxylic acids is 2. The van der Waals surface area contributed by atoms with Gasteiger partial charge in [-0.1, -0.05) is 72.8 Å². The molecule has 0 bridgehead atoms. The number of carbonyl (C=O) groups is 2. The second kappa shape index (κ2) is 13.1. The van der Waals surface area contributed by atoms with Crippen molar-refractivity contribution >= 4 is 27.5 Å². The van der Waals surface area contributed by atoms with Gasteiger partial charge in [0.25, 0.3) is 0 Å². The van der Waals surface area contributed by atoms with Crippen LogP contribution >= 0.6 is 0 Å². The van der Waals surface area contributed by atoms with Gasteiger partial charge in [-0.3, -0.25) is 13.9 Å². The Bertz CT molecular complexity index is 1280. The van der Waals surface area contributed by atoms with E-state index < -0.39 is 16.1 Å². The van der Waals surface area contributed by atoms with Crippen molar-refractivity contribution in [2.45, 2.75) is 38.8 Å². The molecule has 2 amide bonds. The summed E-state index contributed by atoms with van der Waals surface area (Å²) in [6, 6.07) is 25.7. The Hall–Kier alpha value is -3.65. The molecule has 3 aromatic rings. The first-order valence-electron chi connectivity index (χ1n) is 12.3. The van der Waals surface area contributed by atoms with Crippen LogP contribution in [0.2, 0.25) is 0 Å². The summed E-state index contributed by atoms with van der Waals surface area (Å²) in [5, 5.41) is 2.71. The predicted molar refractivity (Wildman–Crippen MR) is 148 cm³/mol. The van der Waals surface area contributed by atoms with Crippen LogP contribution in [0.15, 0.2) is 84.9 Å². The summed E-state index contributed by atoms with van der Waals surface area (Å²) < 4.78 is 26.4. The Kier molecular flexibility index (Phi) is 9.85. The lowest BCUT2D eigenvalue weighted by Gasteiger charge is -2.31. The van der Waals surface area contributed by atoms with Crippen molar-refractivity contribution in [1.29, 1.82) is 0 Å². The molecule has 3 aromatic carbocycles. The summed E-state index contributed by atoms with van der Waals surface area (Å²) in [6.45, 7) is 2.34. The average Bonchev–Trinajstić information content (AvgIpc) is 2.88. The van der Waals surface area contributed by atoms with Crippen LogP contribution in [0.25, 0.3) is 0 Å². The molecule has 0 saturated carbocycles. The Morgan fingerprint density at radius 1 is 0.892 bits per heavy atom. The molecule has 0 aromatic heterocycles. The summed E-state index contributed by atoms with van der Waals surface area (Å²) in [7, 11) is -1.96. The zero-order chi connectivity index (χ0) is 26.8. The molecule has 1 N–H and O–H groups in total. The number of likely N-dealkylation sites (N-methyl/N-ethyl adjacent to an activating group) is 1. The average molecular weight is 522 g/mol. The molecule has 7 nitrogen and oxygen atoms in total. The number of nitrogens with one attached hydrogen (secondary N) is 1. The molecule has 0 saturated heterocycles. The number of hydrogen-bond donors (Lipinski definition) is 1. The van der Waals surface area contributed by atoms with E-state index in [0.717, 1.165) is 16.7 Å². The fourth-order valence-corrected chi connectivity index (χ4v) is 5.24. The molecule has 0 aliphatic rings. The van der Waals surface area contributed by atoms with Gasteiger partial charge in [-0.05, 0) is 42.2 Å². The first-order valence-corrected chi connectivity index (χ1v) is 14.2. The van der Waals surface area contributed by atoms with Gasteiger partial charge in [0.2, 0.25) is 21.8 Å². The van der Waals surface area contributed by atoms with Crippen molar-refractivity contribution in [2.24, 2.45) is 0 Å². The van der Waals surface area contributed by atoms with Crippen LogP contribution in [-0.2, 0) is 32.6 Å². The van der Waals surface area contributed by atoms with Crippen molar-refractivity contribution in [3.8, 4) is 0 Å². The van der Waals surface area contributed by atoms with Crippen LogP contribution in [0.5, 0.6) is 0 Å². The Labute approximate surface area is 220 Å². The summed E-state index contributed by atoms with van der Waals surface area (Å²) in [4.78, 5) is 28.2. The van der Waals surface area contributed by atoms with Gasteiger partial charge in [0.05, 0.1) is 11.9 Å². The number of benzene rings is 3. The number of nitrogens with zero attached hydrogens (tertiary/aromatic N) is 2. The third kappa shape index (κ3) is 8.18. The van der Waals surface area contributed by atoms with Crippen molar-refractivity contribution in [1.82, 2.24) is 10.2 Å². The maximum Gasteiger partial charge on any atom is 0.242 e. The molecule has 0 fully saturated rings. The number of sulfonamides is 1. The molecule has 0 aliphatic heterocycles. The van der Waals surface area contributed by atoms with Crippen molar-refractivity contribution < 1.29 is 18.0 Å². The van der Waals surface area contributed by atoms with Gasteiger partial charge in [0.1, 0.15) is 6.04 Å². The van der Waals surface area contributed by atoms with Crippen LogP contribution in [0.3, 0.4) is 0 Å². The van der Waals surface area contributed by atoms with Crippen LogP contribution < -0.4 is 9.62 Å². The number of hydrogen-bond acceptors (Lipinski definition) is 4. The minimum Gasteiger partial charge on any atom is -0.357 e. The molecular formula is C29H35N3O4S. The topological polar surface area (TPSA) is 86.8 Å². The zero-order valence-electron chi connectivity index (χ0n) is 21.6. The molecule has 1 atom stereocenters. The molecule has 0 aliphatic carbocycles. The first kappa shape index (κ1) is 27.9. The van der Waals surface area contributed by atoms with Crippen LogP contribution in [-0.4, -0.2) is 51.0 Å². The lowest BCUT2D eigenvalue weighted by molar-refractivity contribution is -0.141. The fraction of sp³-hybridized carbons (Fsp3) is 0.310. The summed E-state index contributed by atoms with van der Waals surface area (Å²) >= 11 is 0. The summed E-state index contributed by atoms with van der Waals surface area (Å²) in [5.41, 5.74) is 3.38. The highest BCUT2D eigenvalue weighted by Gasteiger charge is 2.30. The first-order chi connectivity index (χ1) is 17.7. The number of amides is 2. The second-order valence-corrected chi connectivity index (χ2v) is 11.0. The number of aryl methyl sites for hydroxylation is 1. The van der Waals surface area contributed by atoms with Crippen molar-refractivity contribution in [3.05, 3.63) is 102 Å². The largest absolute Gasteiger partial charge is 0.357 e. The van der Waals surface area contributed by atoms with E-state index in [0.29, 0.717) is 18.5 Å². The third-order valence-electron chi connectivity index (χ3n) is 6.16. The van der Waals surface area contributed by atoms with Gasteiger partial charge in [-0.15, -0.1) is 0 Å². The van der Waals surface area contributed by atoms with Gasteiger partial charge in [0.15, 0.2) is 0 Å². The second-order valence-electron chi connectivity index (χ2n) is 9.10. The predicted octanol–water partition coefficient (Wildman–Crippen LogP) is 3.93. The molecule has 3 rings (SSSR count). The van der Waals surface area contributed by atoms with E-state index in [1.54, 1.807) is 18.0 Å². The monoisotopic (exact) mass is 521 g/mol. The standard InChI is InChI=1S/C29H35N3O4S/c1-23-12-10-17-26(20-23)32(37(3,35)36)19-11-18-28(33)31(22-25-15-8-5-9-16-25)27(29(34)30-2)21-24-13-6-4-7-14-24/h4-10,12-17,20,27H,11,18-19,21-22H2,1-3H3,(H,30,34).